The fraction of sp³-hybridized carbons (Fsp3) is 0.333. The van der Waals surface area contributed by atoms with Gasteiger partial charge in [-0.25, -0.2) is 4.79 Å². The Bertz CT molecular complexity index is 1360. The van der Waals surface area contributed by atoms with Crippen LogP contribution in [0.1, 0.15) is 46.9 Å². The van der Waals surface area contributed by atoms with E-state index in [4.69, 9.17) is 4.42 Å². The van der Waals surface area contributed by atoms with Crippen LogP contribution in [0, 0.1) is 6.92 Å². The van der Waals surface area contributed by atoms with Gasteiger partial charge >= 0.3 is 5.63 Å². The number of benzene rings is 2. The number of aromatic nitrogens is 1. The summed E-state index contributed by atoms with van der Waals surface area (Å²) in [5.74, 6) is 0.432. The van der Waals surface area contributed by atoms with Crippen LogP contribution in [0.3, 0.4) is 0 Å². The van der Waals surface area contributed by atoms with Crippen molar-refractivity contribution in [1.82, 2.24) is 14.8 Å². The molecule has 170 valence electrons. The number of hydrogen-bond acceptors (Lipinski definition) is 4. The molecule has 33 heavy (non-hydrogen) atoms. The topological polar surface area (TPSA) is 69.6 Å². The normalized spacial score (nSPS) is 15.1. The molecule has 0 radical (unpaired) electrons. The number of aryl methyl sites for hydroxylation is 1. The van der Waals surface area contributed by atoms with E-state index in [2.05, 4.69) is 36.7 Å². The fourth-order valence-corrected chi connectivity index (χ4v) is 4.85. The SMILES string of the molecule is Cc1cc2oc(=O)cc(CN3CCN(C(=O)c4cc5ccccc5[nH]4)CC3)c2cc1C(C)C. The Labute approximate surface area is 192 Å². The van der Waals surface area contributed by atoms with Gasteiger partial charge in [-0.05, 0) is 53.8 Å². The van der Waals surface area contributed by atoms with Crippen molar-refractivity contribution >= 4 is 27.8 Å². The van der Waals surface area contributed by atoms with Gasteiger partial charge in [-0.3, -0.25) is 9.69 Å². The molecule has 0 atom stereocenters. The zero-order chi connectivity index (χ0) is 23.1. The maximum Gasteiger partial charge on any atom is 0.336 e. The molecule has 0 saturated carbocycles. The first-order valence-corrected chi connectivity index (χ1v) is 11.6. The molecule has 0 aliphatic carbocycles. The molecule has 6 nitrogen and oxygen atoms in total. The summed E-state index contributed by atoms with van der Waals surface area (Å²) < 4.78 is 5.50. The van der Waals surface area contributed by atoms with Crippen molar-refractivity contribution in [3.05, 3.63) is 81.3 Å². The predicted octanol–water partition coefficient (Wildman–Crippen LogP) is 4.66. The zero-order valence-electron chi connectivity index (χ0n) is 19.4. The van der Waals surface area contributed by atoms with Gasteiger partial charge in [-0.15, -0.1) is 0 Å². The Balaban J connectivity index is 1.32. The van der Waals surface area contributed by atoms with Gasteiger partial charge in [-0.1, -0.05) is 32.0 Å². The van der Waals surface area contributed by atoms with Crippen LogP contribution in [0.5, 0.6) is 0 Å². The number of fused-ring (bicyclic) bond motifs is 2. The van der Waals surface area contributed by atoms with Gasteiger partial charge in [0.25, 0.3) is 5.91 Å². The van der Waals surface area contributed by atoms with E-state index in [1.165, 1.54) is 5.56 Å². The molecule has 1 aliphatic rings. The Kier molecular flexibility index (Phi) is 5.54. The van der Waals surface area contributed by atoms with Crippen molar-refractivity contribution in [2.24, 2.45) is 0 Å². The number of H-pyrrole nitrogens is 1. The number of carbonyl (C=O) groups is 1. The standard InChI is InChI=1S/C27H29N3O3/c1-17(2)21-15-22-20(14-26(31)33-25(22)12-18(21)3)16-29-8-10-30(11-9-29)27(32)24-13-19-6-4-5-7-23(19)28-24/h4-7,12-15,17,28H,8-11,16H2,1-3H3. The molecule has 6 heteroatoms. The van der Waals surface area contributed by atoms with Crippen LogP contribution in [0.15, 0.2) is 57.7 Å². The minimum absolute atomic E-state index is 0.0358. The van der Waals surface area contributed by atoms with E-state index >= 15 is 0 Å². The lowest BCUT2D eigenvalue weighted by atomic mass is 9.95. The van der Waals surface area contributed by atoms with E-state index in [0.29, 0.717) is 36.8 Å². The number of aromatic amines is 1. The number of hydrogen-bond donors (Lipinski definition) is 1. The van der Waals surface area contributed by atoms with Gasteiger partial charge in [0.1, 0.15) is 11.3 Å². The summed E-state index contributed by atoms with van der Waals surface area (Å²) in [6.45, 7) is 9.91. The lowest BCUT2D eigenvalue weighted by Crippen LogP contribution is -2.48. The Hall–Kier alpha value is -3.38. The fourth-order valence-electron chi connectivity index (χ4n) is 4.85. The average Bonchev–Trinajstić information content (AvgIpc) is 3.22. The summed E-state index contributed by atoms with van der Waals surface area (Å²) in [5.41, 5.74) is 5.33. The van der Waals surface area contributed by atoms with Crippen LogP contribution in [-0.2, 0) is 6.54 Å². The lowest BCUT2D eigenvalue weighted by Gasteiger charge is -2.34. The monoisotopic (exact) mass is 443 g/mol. The molecule has 0 bridgehead atoms. The number of carbonyl (C=O) groups excluding carboxylic acids is 1. The first-order valence-electron chi connectivity index (χ1n) is 11.6. The minimum Gasteiger partial charge on any atom is -0.423 e. The van der Waals surface area contributed by atoms with Gasteiger partial charge in [-0.2, -0.15) is 0 Å². The number of amides is 1. The smallest absolute Gasteiger partial charge is 0.336 e. The highest BCUT2D eigenvalue weighted by atomic mass is 16.4. The van der Waals surface area contributed by atoms with Gasteiger partial charge in [0.15, 0.2) is 0 Å². The van der Waals surface area contributed by atoms with Crippen molar-refractivity contribution in [3.8, 4) is 0 Å². The molecular weight excluding hydrogens is 414 g/mol. The highest BCUT2D eigenvalue weighted by molar-refractivity contribution is 5.98. The van der Waals surface area contributed by atoms with Gasteiger partial charge < -0.3 is 14.3 Å². The summed E-state index contributed by atoms with van der Waals surface area (Å²) >= 11 is 0. The van der Waals surface area contributed by atoms with Crippen LogP contribution in [-0.4, -0.2) is 46.9 Å². The first-order chi connectivity index (χ1) is 15.9. The van der Waals surface area contributed by atoms with Gasteiger partial charge in [0.05, 0.1) is 0 Å². The van der Waals surface area contributed by atoms with Crippen LogP contribution in [0.4, 0.5) is 0 Å². The molecule has 1 aliphatic heterocycles. The molecular formula is C27H29N3O3. The van der Waals surface area contributed by atoms with E-state index in [1.54, 1.807) is 6.07 Å². The summed E-state index contributed by atoms with van der Waals surface area (Å²) in [7, 11) is 0. The molecule has 2 aromatic carbocycles. The maximum absolute atomic E-state index is 13.0. The quantitative estimate of drug-likeness (QED) is 0.466. The second-order valence-corrected chi connectivity index (χ2v) is 9.29. The lowest BCUT2D eigenvalue weighted by molar-refractivity contribution is 0.0624. The molecule has 1 fully saturated rings. The number of rotatable bonds is 4. The second-order valence-electron chi connectivity index (χ2n) is 9.29. The van der Waals surface area contributed by atoms with Crippen molar-refractivity contribution in [2.45, 2.75) is 33.2 Å². The third-order valence-corrected chi connectivity index (χ3v) is 6.65. The number of piperazine rings is 1. The predicted molar refractivity (Wildman–Crippen MR) is 131 cm³/mol. The van der Waals surface area contributed by atoms with Crippen LogP contribution in [0.2, 0.25) is 0 Å². The molecule has 0 spiro atoms. The molecule has 0 unspecified atom stereocenters. The second kappa shape index (κ2) is 8.52. The molecule has 5 rings (SSSR count). The summed E-state index contributed by atoms with van der Waals surface area (Å²) in [4.78, 5) is 32.7. The number of para-hydroxylation sites is 1. The average molecular weight is 444 g/mol. The van der Waals surface area contributed by atoms with E-state index < -0.39 is 0 Å². The molecule has 2 aromatic heterocycles. The van der Waals surface area contributed by atoms with E-state index in [1.807, 2.05) is 41.3 Å². The maximum atomic E-state index is 13.0. The van der Waals surface area contributed by atoms with Crippen molar-refractivity contribution in [1.29, 1.82) is 0 Å². The van der Waals surface area contributed by atoms with Crippen LogP contribution < -0.4 is 5.63 Å². The number of nitrogens with zero attached hydrogens (tertiary/aromatic N) is 2. The molecule has 3 heterocycles. The summed E-state index contributed by atoms with van der Waals surface area (Å²) in [6, 6.07) is 15.6. The van der Waals surface area contributed by atoms with Gasteiger partial charge in [0.2, 0.25) is 0 Å². The highest BCUT2D eigenvalue weighted by Gasteiger charge is 2.24. The van der Waals surface area contributed by atoms with Crippen LogP contribution in [0.25, 0.3) is 21.9 Å². The summed E-state index contributed by atoms with van der Waals surface area (Å²) in [5, 5.41) is 2.05. The molecule has 1 amide bonds. The first kappa shape index (κ1) is 21.5. The third kappa shape index (κ3) is 4.18. The van der Waals surface area contributed by atoms with E-state index in [0.717, 1.165) is 40.5 Å². The van der Waals surface area contributed by atoms with Crippen LogP contribution >= 0.6 is 0 Å². The third-order valence-electron chi connectivity index (χ3n) is 6.65. The molecule has 1 saturated heterocycles. The Morgan fingerprint density at radius 3 is 2.55 bits per heavy atom. The van der Waals surface area contributed by atoms with Crippen molar-refractivity contribution < 1.29 is 9.21 Å². The Morgan fingerprint density at radius 2 is 1.82 bits per heavy atom. The minimum atomic E-state index is -0.318. The highest BCUT2D eigenvalue weighted by Crippen LogP contribution is 2.27. The summed E-state index contributed by atoms with van der Waals surface area (Å²) in [6.07, 6.45) is 0. The van der Waals surface area contributed by atoms with E-state index in [-0.39, 0.29) is 11.5 Å². The van der Waals surface area contributed by atoms with E-state index in [9.17, 15) is 9.59 Å². The van der Waals surface area contributed by atoms with Gasteiger partial charge in [0, 0.05) is 55.1 Å². The zero-order valence-corrected chi connectivity index (χ0v) is 19.4. The van der Waals surface area contributed by atoms with Crippen molar-refractivity contribution in [2.75, 3.05) is 26.2 Å². The molecule has 4 aromatic rings. The Morgan fingerprint density at radius 1 is 1.06 bits per heavy atom. The van der Waals surface area contributed by atoms with Crippen molar-refractivity contribution in [3.63, 3.8) is 0 Å². The largest absolute Gasteiger partial charge is 0.423 e. The number of nitrogens with one attached hydrogen (secondary N) is 1. The molecule has 1 N–H and O–H groups in total.